The molecule has 0 saturated carbocycles. The SMILES string of the molecule is CC1=C(C)C(C)(C)Cc2c(N)nc(N)nc21. The predicted molar refractivity (Wildman–Crippen MR) is 66.6 cm³/mol. The lowest BCUT2D eigenvalue weighted by atomic mass is 9.72. The highest BCUT2D eigenvalue weighted by Crippen LogP contribution is 2.42. The zero-order chi connectivity index (χ0) is 12.1. The largest absolute Gasteiger partial charge is 0.383 e. The van der Waals surface area contributed by atoms with Gasteiger partial charge in [0.05, 0.1) is 5.69 Å². The molecule has 0 unspecified atom stereocenters. The van der Waals surface area contributed by atoms with Crippen molar-refractivity contribution in [3.05, 3.63) is 16.8 Å². The van der Waals surface area contributed by atoms with E-state index in [-0.39, 0.29) is 11.4 Å². The summed E-state index contributed by atoms with van der Waals surface area (Å²) < 4.78 is 0. The van der Waals surface area contributed by atoms with Gasteiger partial charge in [0.15, 0.2) is 0 Å². The summed E-state index contributed by atoms with van der Waals surface area (Å²) in [5, 5.41) is 0. The first-order valence-corrected chi connectivity index (χ1v) is 5.43. The van der Waals surface area contributed by atoms with Gasteiger partial charge in [0, 0.05) is 5.56 Å². The fourth-order valence-corrected chi connectivity index (χ4v) is 2.26. The number of nitrogens with two attached hydrogens (primary N) is 2. The number of rotatable bonds is 0. The zero-order valence-electron chi connectivity index (χ0n) is 10.3. The molecule has 0 spiro atoms. The number of hydrogen-bond donors (Lipinski definition) is 2. The first-order valence-electron chi connectivity index (χ1n) is 5.43. The van der Waals surface area contributed by atoms with Crippen LogP contribution in [0, 0.1) is 5.41 Å². The molecular formula is C12H18N4. The Morgan fingerprint density at radius 2 is 1.75 bits per heavy atom. The van der Waals surface area contributed by atoms with E-state index in [1.165, 1.54) is 11.1 Å². The summed E-state index contributed by atoms with van der Waals surface area (Å²) in [6, 6.07) is 0. The normalized spacial score (nSPS) is 18.5. The minimum Gasteiger partial charge on any atom is -0.383 e. The molecule has 0 bridgehead atoms. The Morgan fingerprint density at radius 3 is 2.38 bits per heavy atom. The van der Waals surface area contributed by atoms with Crippen LogP contribution in [0.25, 0.3) is 5.57 Å². The first-order chi connectivity index (χ1) is 7.33. The van der Waals surface area contributed by atoms with Gasteiger partial charge in [-0.3, -0.25) is 0 Å². The fourth-order valence-electron chi connectivity index (χ4n) is 2.26. The fraction of sp³-hybridized carbons (Fsp3) is 0.500. The summed E-state index contributed by atoms with van der Waals surface area (Å²) in [5.41, 5.74) is 16.1. The number of aromatic nitrogens is 2. The number of allylic oxidation sites excluding steroid dienone is 2. The highest BCUT2D eigenvalue weighted by atomic mass is 15.0. The van der Waals surface area contributed by atoms with E-state index in [9.17, 15) is 0 Å². The van der Waals surface area contributed by atoms with E-state index < -0.39 is 0 Å². The van der Waals surface area contributed by atoms with Gasteiger partial charge in [-0.05, 0) is 31.3 Å². The molecule has 0 aromatic carbocycles. The van der Waals surface area contributed by atoms with Crippen LogP contribution in [-0.2, 0) is 6.42 Å². The third-order valence-corrected chi connectivity index (χ3v) is 3.61. The first kappa shape index (κ1) is 10.9. The molecule has 1 aliphatic carbocycles. The lowest BCUT2D eigenvalue weighted by Gasteiger charge is -2.33. The smallest absolute Gasteiger partial charge is 0.222 e. The molecule has 0 aliphatic heterocycles. The number of fused-ring (bicyclic) bond motifs is 1. The lowest BCUT2D eigenvalue weighted by Crippen LogP contribution is -2.25. The quantitative estimate of drug-likeness (QED) is 0.698. The molecule has 1 heterocycles. The maximum Gasteiger partial charge on any atom is 0.222 e. The van der Waals surface area contributed by atoms with Crippen molar-refractivity contribution in [3.8, 4) is 0 Å². The van der Waals surface area contributed by atoms with Crippen LogP contribution in [0.1, 0.15) is 39.0 Å². The Morgan fingerprint density at radius 1 is 1.12 bits per heavy atom. The van der Waals surface area contributed by atoms with E-state index in [4.69, 9.17) is 11.5 Å². The van der Waals surface area contributed by atoms with E-state index in [2.05, 4.69) is 37.7 Å². The highest BCUT2D eigenvalue weighted by Gasteiger charge is 2.31. The molecular weight excluding hydrogens is 200 g/mol. The highest BCUT2D eigenvalue weighted by molar-refractivity contribution is 5.73. The van der Waals surface area contributed by atoms with Crippen molar-refractivity contribution in [2.45, 2.75) is 34.1 Å². The van der Waals surface area contributed by atoms with Gasteiger partial charge >= 0.3 is 0 Å². The molecule has 4 N–H and O–H groups in total. The standard InChI is InChI=1S/C12H18N4/c1-6-7(2)12(3,4)5-8-9(6)15-11(14)16-10(8)13/h5H2,1-4H3,(H4,13,14,15,16). The Kier molecular flexibility index (Phi) is 2.19. The van der Waals surface area contributed by atoms with Crippen LogP contribution in [0.15, 0.2) is 5.57 Å². The van der Waals surface area contributed by atoms with Crippen LogP contribution in [0.2, 0.25) is 0 Å². The molecule has 0 saturated heterocycles. The van der Waals surface area contributed by atoms with E-state index in [1.807, 2.05) is 0 Å². The summed E-state index contributed by atoms with van der Waals surface area (Å²) in [5.74, 6) is 0.769. The van der Waals surface area contributed by atoms with Crippen LogP contribution < -0.4 is 11.5 Å². The molecule has 1 aliphatic rings. The van der Waals surface area contributed by atoms with Crippen LogP contribution in [0.5, 0.6) is 0 Å². The molecule has 0 radical (unpaired) electrons. The van der Waals surface area contributed by atoms with E-state index in [1.54, 1.807) is 0 Å². The van der Waals surface area contributed by atoms with E-state index >= 15 is 0 Å². The second-order valence-electron chi connectivity index (χ2n) is 5.10. The average molecular weight is 218 g/mol. The van der Waals surface area contributed by atoms with Gasteiger partial charge in [0.25, 0.3) is 0 Å². The monoisotopic (exact) mass is 218 g/mol. The maximum atomic E-state index is 5.92. The van der Waals surface area contributed by atoms with Crippen molar-refractivity contribution >= 4 is 17.3 Å². The van der Waals surface area contributed by atoms with Crippen molar-refractivity contribution in [3.63, 3.8) is 0 Å². The minimum absolute atomic E-state index is 0.116. The molecule has 1 aromatic rings. The van der Waals surface area contributed by atoms with Crippen LogP contribution in [0.3, 0.4) is 0 Å². The van der Waals surface area contributed by atoms with E-state index in [0.717, 1.165) is 17.7 Å². The topological polar surface area (TPSA) is 77.8 Å². The van der Waals surface area contributed by atoms with Gasteiger partial charge in [-0.1, -0.05) is 19.4 Å². The number of hydrogen-bond acceptors (Lipinski definition) is 4. The van der Waals surface area contributed by atoms with E-state index in [0.29, 0.717) is 5.82 Å². The van der Waals surface area contributed by atoms with Gasteiger partial charge in [0.1, 0.15) is 5.82 Å². The summed E-state index contributed by atoms with van der Waals surface area (Å²) in [6.07, 6.45) is 0.873. The Bertz CT molecular complexity index is 486. The molecule has 4 nitrogen and oxygen atoms in total. The second kappa shape index (κ2) is 3.20. The molecule has 0 fully saturated rings. The summed E-state index contributed by atoms with van der Waals surface area (Å²) in [6.45, 7) is 8.64. The lowest BCUT2D eigenvalue weighted by molar-refractivity contribution is 0.437. The van der Waals surface area contributed by atoms with Gasteiger partial charge < -0.3 is 11.5 Å². The van der Waals surface area contributed by atoms with Crippen molar-refractivity contribution in [2.24, 2.45) is 5.41 Å². The Labute approximate surface area is 95.8 Å². The Balaban J connectivity index is 2.73. The minimum atomic E-state index is 0.116. The van der Waals surface area contributed by atoms with Crippen molar-refractivity contribution in [1.29, 1.82) is 0 Å². The summed E-state index contributed by atoms with van der Waals surface area (Å²) >= 11 is 0. The van der Waals surface area contributed by atoms with Gasteiger partial charge in [-0.15, -0.1) is 0 Å². The van der Waals surface area contributed by atoms with Crippen LogP contribution >= 0.6 is 0 Å². The van der Waals surface area contributed by atoms with Gasteiger partial charge in [-0.25, -0.2) is 4.98 Å². The second-order valence-corrected chi connectivity index (χ2v) is 5.10. The third-order valence-electron chi connectivity index (χ3n) is 3.61. The molecule has 86 valence electrons. The third kappa shape index (κ3) is 1.45. The van der Waals surface area contributed by atoms with Crippen molar-refractivity contribution < 1.29 is 0 Å². The Hall–Kier alpha value is -1.58. The van der Waals surface area contributed by atoms with Crippen molar-refractivity contribution in [1.82, 2.24) is 9.97 Å². The zero-order valence-corrected chi connectivity index (χ0v) is 10.3. The molecule has 16 heavy (non-hydrogen) atoms. The average Bonchev–Trinajstić information content (AvgIpc) is 2.17. The molecule has 4 heteroatoms. The van der Waals surface area contributed by atoms with Crippen LogP contribution in [0.4, 0.5) is 11.8 Å². The van der Waals surface area contributed by atoms with Crippen LogP contribution in [-0.4, -0.2) is 9.97 Å². The summed E-state index contributed by atoms with van der Waals surface area (Å²) in [4.78, 5) is 8.33. The van der Waals surface area contributed by atoms with Gasteiger partial charge in [-0.2, -0.15) is 4.98 Å². The summed E-state index contributed by atoms with van der Waals surface area (Å²) in [7, 11) is 0. The number of nitrogen functional groups attached to an aromatic ring is 2. The van der Waals surface area contributed by atoms with Gasteiger partial charge in [0.2, 0.25) is 5.95 Å². The predicted octanol–water partition coefficient (Wildman–Crippen LogP) is 2.02. The molecule has 0 amide bonds. The maximum absolute atomic E-state index is 5.92. The number of anilines is 2. The number of nitrogens with zero attached hydrogens (tertiary/aromatic N) is 2. The molecule has 0 atom stereocenters. The molecule has 2 rings (SSSR count). The van der Waals surface area contributed by atoms with Crippen molar-refractivity contribution in [2.75, 3.05) is 11.5 Å². The molecule has 1 aromatic heterocycles.